The molecule has 3 rings (SSSR count). The van der Waals surface area contributed by atoms with E-state index in [1.165, 1.54) is 6.42 Å². The van der Waals surface area contributed by atoms with Gasteiger partial charge in [0.25, 0.3) is 0 Å². The van der Waals surface area contributed by atoms with Crippen LogP contribution in [0.25, 0.3) is 0 Å². The van der Waals surface area contributed by atoms with E-state index in [1.54, 1.807) is 0 Å². The Labute approximate surface area is 130 Å². The van der Waals surface area contributed by atoms with Gasteiger partial charge in [-0.2, -0.15) is 4.99 Å². The third-order valence-electron chi connectivity index (χ3n) is 4.26. The van der Waals surface area contributed by atoms with Gasteiger partial charge >= 0.3 is 0 Å². The Morgan fingerprint density at radius 3 is 2.45 bits per heavy atom. The Kier molecular flexibility index (Phi) is 3.92. The molecule has 1 fully saturated rings. The zero-order chi connectivity index (χ0) is 15.6. The lowest BCUT2D eigenvalue weighted by atomic mass is 9.87. The van der Waals surface area contributed by atoms with Crippen molar-refractivity contribution >= 4 is 17.6 Å². The average molecular weight is 301 g/mol. The van der Waals surface area contributed by atoms with Crippen LogP contribution in [-0.4, -0.2) is 24.2 Å². The second kappa shape index (κ2) is 5.87. The van der Waals surface area contributed by atoms with E-state index in [-0.39, 0.29) is 11.6 Å². The molecule has 0 saturated heterocycles. The standard InChI is InChI=1S/C16H23N5O/c1-2-22-13-8-6-12(7-9-13)21-15(18)19-14(17)20-16(21)10-4-3-5-11-16/h6-9H,2-5,10-11H2,1H3,(H4,17,18,19,20). The van der Waals surface area contributed by atoms with E-state index in [2.05, 4.69) is 9.98 Å². The fraction of sp³-hybridized carbons (Fsp3) is 0.500. The summed E-state index contributed by atoms with van der Waals surface area (Å²) in [7, 11) is 0. The first-order valence-electron chi connectivity index (χ1n) is 7.87. The highest BCUT2D eigenvalue weighted by Gasteiger charge is 2.42. The van der Waals surface area contributed by atoms with Gasteiger partial charge in [-0.3, -0.25) is 4.90 Å². The van der Waals surface area contributed by atoms with E-state index in [4.69, 9.17) is 16.2 Å². The molecule has 1 saturated carbocycles. The fourth-order valence-corrected chi connectivity index (χ4v) is 3.35. The molecule has 6 heteroatoms. The van der Waals surface area contributed by atoms with E-state index >= 15 is 0 Å². The molecule has 1 aromatic rings. The van der Waals surface area contributed by atoms with Crippen molar-refractivity contribution in [3.63, 3.8) is 0 Å². The van der Waals surface area contributed by atoms with Crippen LogP contribution >= 0.6 is 0 Å². The lowest BCUT2D eigenvalue weighted by molar-refractivity contribution is 0.305. The number of ether oxygens (including phenoxy) is 1. The SMILES string of the molecule is CCOc1ccc(N2C(N)=NC(N)=NC23CCCCC3)cc1. The van der Waals surface area contributed by atoms with E-state index < -0.39 is 0 Å². The molecule has 118 valence electrons. The molecule has 0 bridgehead atoms. The predicted molar refractivity (Wildman–Crippen MR) is 89.2 cm³/mol. The van der Waals surface area contributed by atoms with Crippen LogP contribution in [0.3, 0.4) is 0 Å². The van der Waals surface area contributed by atoms with Crippen molar-refractivity contribution in [2.75, 3.05) is 11.5 Å². The second-order valence-corrected chi connectivity index (χ2v) is 5.75. The summed E-state index contributed by atoms with van der Waals surface area (Å²) in [6, 6.07) is 7.90. The molecule has 0 amide bonds. The highest BCUT2D eigenvalue weighted by Crippen LogP contribution is 2.39. The maximum Gasteiger partial charge on any atom is 0.220 e. The normalized spacial score (nSPS) is 20.5. The fourth-order valence-electron chi connectivity index (χ4n) is 3.35. The maximum absolute atomic E-state index is 6.19. The van der Waals surface area contributed by atoms with Crippen LogP contribution in [0.4, 0.5) is 5.69 Å². The minimum Gasteiger partial charge on any atom is -0.494 e. The molecule has 0 aromatic heterocycles. The number of aliphatic imine (C=N–C) groups is 2. The van der Waals surface area contributed by atoms with Crippen molar-refractivity contribution in [1.29, 1.82) is 0 Å². The summed E-state index contributed by atoms with van der Waals surface area (Å²) in [5, 5.41) is 0. The van der Waals surface area contributed by atoms with Gasteiger partial charge in [0, 0.05) is 5.69 Å². The average Bonchev–Trinajstić information content (AvgIpc) is 2.49. The first kappa shape index (κ1) is 14.7. The zero-order valence-electron chi connectivity index (χ0n) is 13.0. The van der Waals surface area contributed by atoms with Crippen molar-refractivity contribution in [3.8, 4) is 5.75 Å². The summed E-state index contributed by atoms with van der Waals surface area (Å²) >= 11 is 0. The quantitative estimate of drug-likeness (QED) is 0.895. The summed E-state index contributed by atoms with van der Waals surface area (Å²) < 4.78 is 5.50. The number of rotatable bonds is 3. The molecule has 22 heavy (non-hydrogen) atoms. The highest BCUT2D eigenvalue weighted by atomic mass is 16.5. The van der Waals surface area contributed by atoms with Crippen LogP contribution < -0.4 is 21.1 Å². The first-order valence-corrected chi connectivity index (χ1v) is 7.87. The lowest BCUT2D eigenvalue weighted by Crippen LogP contribution is -2.58. The van der Waals surface area contributed by atoms with Crippen molar-refractivity contribution < 1.29 is 4.74 Å². The molecule has 2 aliphatic rings. The van der Waals surface area contributed by atoms with Gasteiger partial charge in [-0.15, -0.1) is 0 Å². The van der Waals surface area contributed by atoms with Gasteiger partial charge in [-0.25, -0.2) is 4.99 Å². The van der Waals surface area contributed by atoms with Crippen molar-refractivity contribution in [2.45, 2.75) is 44.7 Å². The summed E-state index contributed by atoms with van der Waals surface area (Å²) in [6.07, 6.45) is 5.36. The van der Waals surface area contributed by atoms with E-state index in [1.807, 2.05) is 36.1 Å². The Balaban J connectivity index is 1.96. The van der Waals surface area contributed by atoms with Crippen LogP contribution in [0.5, 0.6) is 5.75 Å². The molecule has 1 heterocycles. The largest absolute Gasteiger partial charge is 0.494 e. The van der Waals surface area contributed by atoms with Gasteiger partial charge in [0.15, 0.2) is 0 Å². The molecule has 1 aliphatic heterocycles. The number of benzene rings is 1. The smallest absolute Gasteiger partial charge is 0.220 e. The Bertz CT molecular complexity index is 587. The third kappa shape index (κ3) is 2.61. The topological polar surface area (TPSA) is 89.2 Å². The van der Waals surface area contributed by atoms with Crippen molar-refractivity contribution in [1.82, 2.24) is 0 Å². The van der Waals surface area contributed by atoms with Gasteiger partial charge in [-0.05, 0) is 56.9 Å². The second-order valence-electron chi connectivity index (χ2n) is 5.75. The number of anilines is 1. The number of guanidine groups is 2. The van der Waals surface area contributed by atoms with Crippen LogP contribution in [0, 0.1) is 0 Å². The van der Waals surface area contributed by atoms with Gasteiger partial charge in [0.1, 0.15) is 11.4 Å². The van der Waals surface area contributed by atoms with Gasteiger partial charge in [-0.1, -0.05) is 6.42 Å². The Morgan fingerprint density at radius 1 is 1.14 bits per heavy atom. The molecular formula is C16H23N5O. The molecule has 0 unspecified atom stereocenters. The number of nitrogens with zero attached hydrogens (tertiary/aromatic N) is 3. The summed E-state index contributed by atoms with van der Waals surface area (Å²) in [4.78, 5) is 10.9. The van der Waals surface area contributed by atoms with Gasteiger partial charge in [0.2, 0.25) is 11.9 Å². The van der Waals surface area contributed by atoms with Crippen LogP contribution in [0.2, 0.25) is 0 Å². The number of nitrogens with two attached hydrogens (primary N) is 2. The molecule has 1 spiro atoms. The van der Waals surface area contributed by atoms with Gasteiger partial charge < -0.3 is 16.2 Å². The number of hydrogen-bond acceptors (Lipinski definition) is 6. The summed E-state index contributed by atoms with van der Waals surface area (Å²) in [6.45, 7) is 2.62. The van der Waals surface area contributed by atoms with Crippen LogP contribution in [-0.2, 0) is 0 Å². The van der Waals surface area contributed by atoms with Crippen molar-refractivity contribution in [3.05, 3.63) is 24.3 Å². The monoisotopic (exact) mass is 301 g/mol. The lowest BCUT2D eigenvalue weighted by Gasteiger charge is -2.45. The molecular weight excluding hydrogens is 278 g/mol. The van der Waals surface area contributed by atoms with E-state index in [0.717, 1.165) is 37.1 Å². The number of hydrogen-bond donors (Lipinski definition) is 2. The van der Waals surface area contributed by atoms with Crippen LogP contribution in [0.1, 0.15) is 39.0 Å². The molecule has 6 nitrogen and oxygen atoms in total. The minimum absolute atomic E-state index is 0.279. The molecule has 0 atom stereocenters. The van der Waals surface area contributed by atoms with E-state index in [0.29, 0.717) is 12.6 Å². The molecule has 1 aromatic carbocycles. The van der Waals surface area contributed by atoms with E-state index in [9.17, 15) is 0 Å². The van der Waals surface area contributed by atoms with Crippen LogP contribution in [0.15, 0.2) is 34.3 Å². The predicted octanol–water partition coefficient (Wildman–Crippen LogP) is 2.20. The summed E-state index contributed by atoms with van der Waals surface area (Å²) in [5.41, 5.74) is 12.6. The van der Waals surface area contributed by atoms with Crippen molar-refractivity contribution in [2.24, 2.45) is 21.5 Å². The Morgan fingerprint density at radius 2 is 1.82 bits per heavy atom. The first-order chi connectivity index (χ1) is 10.6. The summed E-state index contributed by atoms with van der Waals surface area (Å²) in [5.74, 6) is 1.54. The zero-order valence-corrected chi connectivity index (χ0v) is 13.0. The molecule has 0 radical (unpaired) electrons. The third-order valence-corrected chi connectivity index (χ3v) is 4.26. The maximum atomic E-state index is 6.19. The Hall–Kier alpha value is -2.24. The molecule has 4 N–H and O–H groups in total. The van der Waals surface area contributed by atoms with Gasteiger partial charge in [0.05, 0.1) is 6.61 Å². The highest BCUT2D eigenvalue weighted by molar-refractivity contribution is 6.05. The minimum atomic E-state index is -0.388. The molecule has 1 aliphatic carbocycles.